The number of nitrogens with zero attached hydrogens (tertiary/aromatic N) is 4. The number of amides is 3. The average molecular weight is 413 g/mol. The minimum atomic E-state index is -0.419. The molecule has 3 amide bonds. The van der Waals surface area contributed by atoms with Crippen LogP contribution in [0.4, 0.5) is 0 Å². The number of carbonyl (C=O) groups is 3. The van der Waals surface area contributed by atoms with Gasteiger partial charge in [0.25, 0.3) is 0 Å². The second-order valence-electron chi connectivity index (χ2n) is 7.88. The summed E-state index contributed by atoms with van der Waals surface area (Å²) in [5.41, 5.74) is 1.74. The number of imide groups is 1. The first kappa shape index (κ1) is 20.3. The molecule has 2 fully saturated rings. The first-order chi connectivity index (χ1) is 14.5. The molecule has 4 rings (SSSR count). The molecule has 0 saturated carbocycles. The van der Waals surface area contributed by atoms with Crippen LogP contribution in [0, 0.1) is 0 Å². The number of hydrogen-bond donors (Lipinski definition) is 1. The number of benzene rings is 1. The first-order valence-electron chi connectivity index (χ1n) is 10.5. The number of fused-ring (bicyclic) bond motifs is 1. The van der Waals surface area contributed by atoms with Crippen molar-refractivity contribution in [1.29, 1.82) is 0 Å². The van der Waals surface area contributed by atoms with Gasteiger partial charge in [0.05, 0.1) is 11.0 Å². The Kier molecular flexibility index (Phi) is 5.72. The number of aromatic nitrogens is 2. The fourth-order valence-corrected chi connectivity index (χ4v) is 4.34. The number of carbonyl (C=O) groups excluding carboxylic acids is 3. The van der Waals surface area contributed by atoms with Crippen molar-refractivity contribution in [3.8, 4) is 0 Å². The second kappa shape index (κ2) is 8.43. The molecule has 0 radical (unpaired) electrons. The average Bonchev–Trinajstić information content (AvgIpc) is 3.00. The molecule has 2 saturated heterocycles. The molecule has 9 heteroatoms. The van der Waals surface area contributed by atoms with Gasteiger partial charge in [-0.1, -0.05) is 12.1 Å². The lowest BCUT2D eigenvalue weighted by Gasteiger charge is -2.27. The molecule has 2 aliphatic rings. The molecule has 2 aromatic rings. The van der Waals surface area contributed by atoms with Crippen LogP contribution in [0.2, 0.25) is 0 Å². The second-order valence-corrected chi connectivity index (χ2v) is 7.88. The zero-order valence-electron chi connectivity index (χ0n) is 17.2. The van der Waals surface area contributed by atoms with E-state index in [9.17, 15) is 19.2 Å². The van der Waals surface area contributed by atoms with Crippen molar-refractivity contribution in [3.63, 3.8) is 0 Å². The van der Waals surface area contributed by atoms with Crippen LogP contribution < -0.4 is 16.0 Å². The van der Waals surface area contributed by atoms with E-state index < -0.39 is 5.69 Å². The van der Waals surface area contributed by atoms with Crippen LogP contribution in [-0.2, 0) is 27.9 Å². The van der Waals surface area contributed by atoms with Gasteiger partial charge >= 0.3 is 5.69 Å². The number of aryl methyl sites for hydroxylation is 2. The molecular weight excluding hydrogens is 386 g/mol. The molecule has 0 aliphatic carbocycles. The van der Waals surface area contributed by atoms with Gasteiger partial charge < -0.3 is 10.2 Å². The summed E-state index contributed by atoms with van der Waals surface area (Å²) < 4.78 is 2.69. The predicted octanol–water partition coefficient (Wildman–Crippen LogP) is 0.270. The molecule has 1 aromatic carbocycles. The van der Waals surface area contributed by atoms with E-state index in [4.69, 9.17) is 0 Å². The van der Waals surface area contributed by atoms with Gasteiger partial charge in [-0.3, -0.25) is 19.0 Å². The number of imidazole rings is 1. The number of nitrogens with one attached hydrogen (secondary N) is 1. The molecule has 3 heterocycles. The van der Waals surface area contributed by atoms with Gasteiger partial charge in [0, 0.05) is 52.5 Å². The zero-order chi connectivity index (χ0) is 21.3. The number of para-hydroxylation sites is 1. The van der Waals surface area contributed by atoms with Crippen molar-refractivity contribution in [2.75, 3.05) is 31.2 Å². The Hall–Kier alpha value is -2.94. The summed E-state index contributed by atoms with van der Waals surface area (Å²) in [5, 5.41) is 4.23. The van der Waals surface area contributed by atoms with Gasteiger partial charge in [0.15, 0.2) is 0 Å². The normalized spacial score (nSPS) is 17.8. The lowest BCUT2D eigenvalue weighted by atomic mass is 10.1. The van der Waals surface area contributed by atoms with Gasteiger partial charge in [0.2, 0.25) is 17.7 Å². The predicted molar refractivity (Wildman–Crippen MR) is 112 cm³/mol. The largest absolute Gasteiger partial charge is 0.348 e. The van der Waals surface area contributed by atoms with E-state index >= 15 is 0 Å². The lowest BCUT2D eigenvalue weighted by Crippen LogP contribution is -2.52. The molecule has 1 aromatic heterocycles. The van der Waals surface area contributed by atoms with E-state index in [2.05, 4.69) is 5.32 Å². The van der Waals surface area contributed by atoms with Crippen molar-refractivity contribution in [3.05, 3.63) is 34.2 Å². The molecule has 0 bridgehead atoms. The van der Waals surface area contributed by atoms with E-state index in [-0.39, 0.29) is 30.6 Å². The van der Waals surface area contributed by atoms with Crippen LogP contribution in [-0.4, -0.2) is 58.0 Å². The maximum absolute atomic E-state index is 12.9. The van der Waals surface area contributed by atoms with Crippen LogP contribution in [0.1, 0.15) is 37.7 Å². The molecule has 1 N–H and O–H groups in total. The Labute approximate surface area is 174 Å². The summed E-state index contributed by atoms with van der Waals surface area (Å²) >= 11 is 0. The first-order valence-corrected chi connectivity index (χ1v) is 10.5. The lowest BCUT2D eigenvalue weighted by molar-refractivity contribution is -0.132. The van der Waals surface area contributed by atoms with E-state index in [0.29, 0.717) is 36.7 Å². The fourth-order valence-electron chi connectivity index (χ4n) is 4.34. The number of piperidine rings is 1. The Bertz CT molecular complexity index is 1030. The third-order valence-electron chi connectivity index (χ3n) is 5.89. The molecule has 160 valence electrons. The summed E-state index contributed by atoms with van der Waals surface area (Å²) in [5.74, 6) is -0.555. The van der Waals surface area contributed by atoms with Crippen molar-refractivity contribution in [2.45, 2.75) is 38.5 Å². The van der Waals surface area contributed by atoms with E-state index in [1.54, 1.807) is 13.1 Å². The highest BCUT2D eigenvalue weighted by atomic mass is 16.2. The summed E-state index contributed by atoms with van der Waals surface area (Å²) in [6.45, 7) is 3.14. The maximum Gasteiger partial charge on any atom is 0.348 e. The standard InChI is InChI=1S/C21H27N5O4/c1-23-20-15(6-3-8-17(27)24-13-11-22-12-14-24)5-2-7-16(20)25(21(23)30)26-18(28)9-4-10-19(26)29/h2,5,7,22H,3-4,6,8-14H2,1H3. The summed E-state index contributed by atoms with van der Waals surface area (Å²) in [6.07, 6.45) is 2.77. The van der Waals surface area contributed by atoms with Crippen LogP contribution in [0.5, 0.6) is 0 Å². The third-order valence-corrected chi connectivity index (χ3v) is 5.89. The third kappa shape index (κ3) is 3.65. The van der Waals surface area contributed by atoms with Crippen molar-refractivity contribution < 1.29 is 14.4 Å². The molecule has 30 heavy (non-hydrogen) atoms. The SMILES string of the molecule is Cn1c(=O)n(N2C(=O)CCCC2=O)c2cccc(CCCC(=O)N3CCNCC3)c21. The highest BCUT2D eigenvalue weighted by Gasteiger charge is 2.31. The zero-order valence-corrected chi connectivity index (χ0v) is 17.2. The smallest absolute Gasteiger partial charge is 0.340 e. The Morgan fingerprint density at radius 1 is 1.07 bits per heavy atom. The molecule has 9 nitrogen and oxygen atoms in total. The molecule has 2 aliphatic heterocycles. The fraction of sp³-hybridized carbons (Fsp3) is 0.524. The van der Waals surface area contributed by atoms with Crippen molar-refractivity contribution >= 4 is 28.8 Å². The summed E-state index contributed by atoms with van der Waals surface area (Å²) in [6, 6.07) is 5.51. The van der Waals surface area contributed by atoms with Crippen molar-refractivity contribution in [2.24, 2.45) is 7.05 Å². The van der Waals surface area contributed by atoms with Crippen molar-refractivity contribution in [1.82, 2.24) is 19.5 Å². The molecular formula is C21H27N5O4. The van der Waals surface area contributed by atoms with Crippen LogP contribution in [0.15, 0.2) is 23.0 Å². The highest BCUT2D eigenvalue weighted by molar-refractivity contribution is 6.11. The highest BCUT2D eigenvalue weighted by Crippen LogP contribution is 2.22. The Morgan fingerprint density at radius 3 is 2.47 bits per heavy atom. The number of piperazine rings is 1. The molecule has 0 atom stereocenters. The van der Waals surface area contributed by atoms with Gasteiger partial charge in [-0.25, -0.2) is 4.79 Å². The van der Waals surface area contributed by atoms with Gasteiger partial charge in [-0.2, -0.15) is 9.69 Å². The van der Waals surface area contributed by atoms with E-state index in [0.717, 1.165) is 36.8 Å². The Balaban J connectivity index is 1.58. The Morgan fingerprint density at radius 2 is 1.77 bits per heavy atom. The van der Waals surface area contributed by atoms with E-state index in [1.807, 2.05) is 17.0 Å². The number of rotatable bonds is 5. The monoisotopic (exact) mass is 413 g/mol. The molecule has 0 unspecified atom stereocenters. The van der Waals surface area contributed by atoms with Crippen LogP contribution >= 0.6 is 0 Å². The summed E-state index contributed by atoms with van der Waals surface area (Å²) in [7, 11) is 1.65. The maximum atomic E-state index is 12.9. The van der Waals surface area contributed by atoms with Gasteiger partial charge in [-0.15, -0.1) is 0 Å². The topological polar surface area (TPSA) is 96.6 Å². The van der Waals surface area contributed by atoms with Crippen LogP contribution in [0.25, 0.3) is 11.0 Å². The minimum Gasteiger partial charge on any atom is -0.340 e. The van der Waals surface area contributed by atoms with E-state index in [1.165, 1.54) is 9.24 Å². The number of hydrogen-bond acceptors (Lipinski definition) is 5. The minimum absolute atomic E-state index is 0.152. The molecule has 0 spiro atoms. The van der Waals surface area contributed by atoms with Gasteiger partial charge in [0.1, 0.15) is 0 Å². The summed E-state index contributed by atoms with van der Waals surface area (Å²) in [4.78, 5) is 52.0. The van der Waals surface area contributed by atoms with Gasteiger partial charge in [-0.05, 0) is 30.9 Å². The van der Waals surface area contributed by atoms with Crippen LogP contribution in [0.3, 0.4) is 0 Å². The quantitative estimate of drug-likeness (QED) is 0.710.